The smallest absolute Gasteiger partial charge is 0.0135 e. The molecular weight excluding hydrogens is 208 g/mol. The van der Waals surface area contributed by atoms with Gasteiger partial charge in [0.2, 0.25) is 0 Å². The van der Waals surface area contributed by atoms with Crippen molar-refractivity contribution in [2.24, 2.45) is 0 Å². The maximum atomic E-state index is 3.68. The predicted molar refractivity (Wildman–Crippen MR) is 74.3 cm³/mol. The minimum Gasteiger partial charge on any atom is -0.314 e. The van der Waals surface area contributed by atoms with Gasteiger partial charge in [0.25, 0.3) is 0 Å². The summed E-state index contributed by atoms with van der Waals surface area (Å²) in [5.41, 5.74) is 0. The Hall–Kier alpha value is -0.340. The van der Waals surface area contributed by atoms with Gasteiger partial charge in [0.1, 0.15) is 0 Å². The number of nitrogens with one attached hydrogen (secondary N) is 1. The third-order valence-electron chi connectivity index (χ3n) is 4.32. The Morgan fingerprint density at radius 2 is 2.18 bits per heavy atom. The Kier molecular flexibility index (Phi) is 5.05. The average Bonchev–Trinajstić information content (AvgIpc) is 2.37. The molecule has 17 heavy (non-hydrogen) atoms. The average molecular weight is 236 g/mol. The molecule has 1 N–H and O–H groups in total. The van der Waals surface area contributed by atoms with Crippen LogP contribution in [0.25, 0.3) is 0 Å². The molecule has 0 aromatic rings. The van der Waals surface area contributed by atoms with E-state index in [9.17, 15) is 0 Å². The van der Waals surface area contributed by atoms with E-state index in [1.807, 2.05) is 0 Å². The zero-order chi connectivity index (χ0) is 12.1. The number of piperidine rings is 1. The van der Waals surface area contributed by atoms with E-state index in [4.69, 9.17) is 0 Å². The summed E-state index contributed by atoms with van der Waals surface area (Å²) < 4.78 is 0. The highest BCUT2D eigenvalue weighted by Gasteiger charge is 2.29. The molecule has 0 radical (unpaired) electrons. The molecule has 2 nitrogen and oxygen atoms in total. The molecule has 1 aliphatic carbocycles. The van der Waals surface area contributed by atoms with Gasteiger partial charge in [0.15, 0.2) is 0 Å². The van der Waals surface area contributed by atoms with Gasteiger partial charge in [-0.1, -0.05) is 19.1 Å². The first-order valence-electron chi connectivity index (χ1n) is 7.45. The van der Waals surface area contributed by atoms with Crippen molar-refractivity contribution in [3.05, 3.63) is 12.2 Å². The minimum atomic E-state index is 0.759. The third-order valence-corrected chi connectivity index (χ3v) is 4.32. The SMILES string of the molecule is CCCNC1CCN(C2CC=CCC2)C(C)C1. The normalized spacial score (nSPS) is 35.1. The maximum absolute atomic E-state index is 3.68. The summed E-state index contributed by atoms with van der Waals surface area (Å²) >= 11 is 0. The Balaban J connectivity index is 1.80. The quantitative estimate of drug-likeness (QED) is 0.755. The second kappa shape index (κ2) is 6.55. The Bertz CT molecular complexity index is 249. The van der Waals surface area contributed by atoms with Crippen molar-refractivity contribution in [2.75, 3.05) is 13.1 Å². The Labute approximate surface area is 106 Å². The van der Waals surface area contributed by atoms with Crippen LogP contribution in [0.3, 0.4) is 0 Å². The number of allylic oxidation sites excluding steroid dienone is 1. The monoisotopic (exact) mass is 236 g/mol. The molecule has 2 heteroatoms. The molecule has 3 unspecified atom stereocenters. The van der Waals surface area contributed by atoms with E-state index in [-0.39, 0.29) is 0 Å². The fourth-order valence-corrected chi connectivity index (χ4v) is 3.35. The predicted octanol–water partition coefficient (Wildman–Crippen LogP) is 2.95. The highest BCUT2D eigenvalue weighted by Crippen LogP contribution is 2.25. The lowest BCUT2D eigenvalue weighted by molar-refractivity contribution is 0.0826. The van der Waals surface area contributed by atoms with Gasteiger partial charge in [-0.25, -0.2) is 0 Å². The molecule has 0 aromatic heterocycles. The first-order valence-corrected chi connectivity index (χ1v) is 7.45. The lowest BCUT2D eigenvalue weighted by Gasteiger charge is -2.43. The van der Waals surface area contributed by atoms with Crippen LogP contribution in [0.2, 0.25) is 0 Å². The third kappa shape index (κ3) is 3.56. The number of nitrogens with zero attached hydrogens (tertiary/aromatic N) is 1. The Morgan fingerprint density at radius 3 is 2.82 bits per heavy atom. The van der Waals surface area contributed by atoms with Crippen molar-refractivity contribution < 1.29 is 0 Å². The molecule has 1 fully saturated rings. The maximum Gasteiger partial charge on any atom is 0.0135 e. The number of rotatable bonds is 4. The molecule has 0 spiro atoms. The minimum absolute atomic E-state index is 0.759. The molecule has 0 aromatic carbocycles. The summed E-state index contributed by atoms with van der Waals surface area (Å²) in [5, 5.41) is 3.68. The van der Waals surface area contributed by atoms with E-state index < -0.39 is 0 Å². The number of likely N-dealkylation sites (tertiary alicyclic amines) is 1. The van der Waals surface area contributed by atoms with Crippen LogP contribution >= 0.6 is 0 Å². The second-order valence-corrected chi connectivity index (χ2v) is 5.70. The summed E-state index contributed by atoms with van der Waals surface area (Å²) in [6.45, 7) is 7.14. The fraction of sp³-hybridized carbons (Fsp3) is 0.867. The molecule has 0 saturated carbocycles. The molecule has 2 aliphatic rings. The molecular formula is C15H28N2. The van der Waals surface area contributed by atoms with Gasteiger partial charge in [-0.15, -0.1) is 0 Å². The van der Waals surface area contributed by atoms with Crippen LogP contribution in [0.1, 0.15) is 52.4 Å². The van der Waals surface area contributed by atoms with Gasteiger partial charge >= 0.3 is 0 Å². The van der Waals surface area contributed by atoms with Gasteiger partial charge in [-0.2, -0.15) is 0 Å². The van der Waals surface area contributed by atoms with E-state index in [0.29, 0.717) is 0 Å². The van der Waals surface area contributed by atoms with Crippen molar-refractivity contribution in [3.8, 4) is 0 Å². The van der Waals surface area contributed by atoms with Gasteiger partial charge in [0.05, 0.1) is 0 Å². The van der Waals surface area contributed by atoms with Gasteiger partial charge < -0.3 is 5.32 Å². The summed E-state index contributed by atoms with van der Waals surface area (Å²) in [6.07, 6.45) is 12.6. The molecule has 1 saturated heterocycles. The van der Waals surface area contributed by atoms with Crippen LogP contribution in [-0.4, -0.2) is 36.1 Å². The van der Waals surface area contributed by atoms with E-state index in [1.165, 1.54) is 51.6 Å². The van der Waals surface area contributed by atoms with Crippen LogP contribution in [-0.2, 0) is 0 Å². The highest BCUT2D eigenvalue weighted by molar-refractivity contribution is 4.96. The lowest BCUT2D eigenvalue weighted by atomic mass is 9.92. The van der Waals surface area contributed by atoms with Crippen molar-refractivity contribution in [1.29, 1.82) is 0 Å². The number of hydrogen-bond donors (Lipinski definition) is 1. The standard InChI is InChI=1S/C15H28N2/c1-3-10-16-14-9-11-17(13(2)12-14)15-7-5-4-6-8-15/h4-5,13-16H,3,6-12H2,1-2H3. The second-order valence-electron chi connectivity index (χ2n) is 5.70. The molecule has 98 valence electrons. The van der Waals surface area contributed by atoms with Crippen LogP contribution in [0.4, 0.5) is 0 Å². The van der Waals surface area contributed by atoms with Crippen molar-refractivity contribution in [3.63, 3.8) is 0 Å². The van der Waals surface area contributed by atoms with Gasteiger partial charge in [-0.05, 0) is 52.0 Å². The largest absolute Gasteiger partial charge is 0.314 e. The van der Waals surface area contributed by atoms with Gasteiger partial charge in [-0.3, -0.25) is 4.90 Å². The topological polar surface area (TPSA) is 15.3 Å². The zero-order valence-electron chi connectivity index (χ0n) is 11.5. The summed E-state index contributed by atoms with van der Waals surface area (Å²) in [6, 6.07) is 2.34. The van der Waals surface area contributed by atoms with Crippen LogP contribution in [0.5, 0.6) is 0 Å². The van der Waals surface area contributed by atoms with E-state index in [1.54, 1.807) is 0 Å². The van der Waals surface area contributed by atoms with E-state index >= 15 is 0 Å². The highest BCUT2D eigenvalue weighted by atomic mass is 15.2. The summed E-state index contributed by atoms with van der Waals surface area (Å²) in [7, 11) is 0. The molecule has 0 amide bonds. The zero-order valence-corrected chi connectivity index (χ0v) is 11.5. The first kappa shape index (κ1) is 13.1. The lowest BCUT2D eigenvalue weighted by Crippen LogP contribution is -2.51. The summed E-state index contributed by atoms with van der Waals surface area (Å²) in [4.78, 5) is 2.76. The molecule has 2 rings (SSSR count). The van der Waals surface area contributed by atoms with Crippen molar-refractivity contribution in [2.45, 2.75) is 70.5 Å². The van der Waals surface area contributed by atoms with Crippen LogP contribution < -0.4 is 5.32 Å². The molecule has 1 aliphatic heterocycles. The Morgan fingerprint density at radius 1 is 1.29 bits per heavy atom. The van der Waals surface area contributed by atoms with Crippen molar-refractivity contribution >= 4 is 0 Å². The van der Waals surface area contributed by atoms with E-state index in [2.05, 4.69) is 36.2 Å². The summed E-state index contributed by atoms with van der Waals surface area (Å²) in [5.74, 6) is 0. The first-order chi connectivity index (χ1) is 8.31. The molecule has 0 bridgehead atoms. The molecule has 1 heterocycles. The fourth-order valence-electron chi connectivity index (χ4n) is 3.35. The van der Waals surface area contributed by atoms with Crippen molar-refractivity contribution in [1.82, 2.24) is 10.2 Å². The van der Waals surface area contributed by atoms with Crippen LogP contribution in [0, 0.1) is 0 Å². The number of hydrogen-bond acceptors (Lipinski definition) is 2. The van der Waals surface area contributed by atoms with Gasteiger partial charge in [0, 0.05) is 24.7 Å². The van der Waals surface area contributed by atoms with Crippen LogP contribution in [0.15, 0.2) is 12.2 Å². The molecule has 3 atom stereocenters. The van der Waals surface area contributed by atoms with E-state index in [0.717, 1.165) is 18.1 Å².